The molecule has 27 heavy (non-hydrogen) atoms. The zero-order chi connectivity index (χ0) is 19.9. The molecule has 0 aromatic carbocycles. The van der Waals surface area contributed by atoms with Gasteiger partial charge in [-0.3, -0.25) is 19.6 Å². The van der Waals surface area contributed by atoms with Crippen molar-refractivity contribution in [1.29, 1.82) is 0 Å². The maximum absolute atomic E-state index is 12.9. The number of rotatable bonds is 4. The largest absolute Gasteiger partial charge is 0.337 e. The van der Waals surface area contributed by atoms with Crippen LogP contribution in [0.1, 0.15) is 62.6 Å². The van der Waals surface area contributed by atoms with Gasteiger partial charge in [-0.15, -0.1) is 0 Å². The third-order valence-electron chi connectivity index (χ3n) is 5.54. The first-order valence-electron chi connectivity index (χ1n) is 9.62. The van der Waals surface area contributed by atoms with Gasteiger partial charge in [0, 0.05) is 26.7 Å². The van der Waals surface area contributed by atoms with Gasteiger partial charge in [-0.2, -0.15) is 5.10 Å². The SMILES string of the molecule is CC(C)CN1C(=O)NC(=O)C12CCN(C(=O)c1cc(C(C)C)nn1C)CC2. The Labute approximate surface area is 159 Å². The van der Waals surface area contributed by atoms with Gasteiger partial charge >= 0.3 is 6.03 Å². The lowest BCUT2D eigenvalue weighted by Crippen LogP contribution is -2.58. The van der Waals surface area contributed by atoms with Gasteiger partial charge in [0.05, 0.1) is 5.69 Å². The molecule has 2 aliphatic heterocycles. The predicted molar refractivity (Wildman–Crippen MR) is 100 cm³/mol. The molecule has 1 aromatic rings. The number of carbonyl (C=O) groups excluding carboxylic acids is 3. The van der Waals surface area contributed by atoms with Crippen LogP contribution in [-0.4, -0.2) is 62.6 Å². The normalized spacial score (nSPS) is 19.5. The zero-order valence-corrected chi connectivity index (χ0v) is 16.8. The van der Waals surface area contributed by atoms with Crippen molar-refractivity contribution >= 4 is 17.8 Å². The summed E-state index contributed by atoms with van der Waals surface area (Å²) >= 11 is 0. The molecule has 4 amide bonds. The molecule has 0 unspecified atom stereocenters. The maximum atomic E-state index is 12.9. The summed E-state index contributed by atoms with van der Waals surface area (Å²) in [5.74, 6) is 0.206. The van der Waals surface area contributed by atoms with Crippen LogP contribution >= 0.6 is 0 Å². The Morgan fingerprint density at radius 2 is 1.85 bits per heavy atom. The van der Waals surface area contributed by atoms with E-state index in [1.807, 2.05) is 33.8 Å². The van der Waals surface area contributed by atoms with Gasteiger partial charge in [0.25, 0.3) is 11.8 Å². The highest BCUT2D eigenvalue weighted by atomic mass is 16.2. The molecule has 3 heterocycles. The van der Waals surface area contributed by atoms with Gasteiger partial charge in [-0.1, -0.05) is 27.7 Å². The Morgan fingerprint density at radius 3 is 2.37 bits per heavy atom. The molecule has 0 atom stereocenters. The Balaban J connectivity index is 1.75. The van der Waals surface area contributed by atoms with E-state index in [1.54, 1.807) is 21.5 Å². The van der Waals surface area contributed by atoms with E-state index in [0.717, 1.165) is 5.69 Å². The second-order valence-electron chi connectivity index (χ2n) is 8.32. The summed E-state index contributed by atoms with van der Waals surface area (Å²) in [6, 6.07) is 1.52. The molecule has 2 saturated heterocycles. The van der Waals surface area contributed by atoms with E-state index < -0.39 is 5.54 Å². The molecule has 0 radical (unpaired) electrons. The molecule has 0 aliphatic carbocycles. The fourth-order valence-corrected chi connectivity index (χ4v) is 3.93. The van der Waals surface area contributed by atoms with E-state index in [2.05, 4.69) is 10.4 Å². The number of urea groups is 1. The summed E-state index contributed by atoms with van der Waals surface area (Å²) in [6.07, 6.45) is 0.913. The molecule has 1 N–H and O–H groups in total. The molecule has 8 nitrogen and oxygen atoms in total. The van der Waals surface area contributed by atoms with Crippen molar-refractivity contribution in [3.63, 3.8) is 0 Å². The number of carbonyl (C=O) groups is 3. The summed E-state index contributed by atoms with van der Waals surface area (Å²) in [5, 5.41) is 6.88. The Morgan fingerprint density at radius 1 is 1.22 bits per heavy atom. The van der Waals surface area contributed by atoms with Crippen LogP contribution in [0.2, 0.25) is 0 Å². The number of piperidine rings is 1. The minimum Gasteiger partial charge on any atom is -0.337 e. The number of amides is 4. The highest BCUT2D eigenvalue weighted by molar-refractivity contribution is 6.07. The Bertz CT molecular complexity index is 759. The molecule has 2 fully saturated rings. The van der Waals surface area contributed by atoms with Crippen molar-refractivity contribution in [1.82, 2.24) is 24.9 Å². The zero-order valence-electron chi connectivity index (χ0n) is 16.8. The third-order valence-corrected chi connectivity index (χ3v) is 5.54. The lowest BCUT2D eigenvalue weighted by atomic mass is 9.85. The summed E-state index contributed by atoms with van der Waals surface area (Å²) < 4.78 is 1.62. The molecule has 148 valence electrons. The number of nitrogens with one attached hydrogen (secondary N) is 1. The van der Waals surface area contributed by atoms with Crippen LogP contribution in [0.5, 0.6) is 0 Å². The highest BCUT2D eigenvalue weighted by Gasteiger charge is 2.54. The number of nitrogens with zero attached hydrogens (tertiary/aromatic N) is 4. The lowest BCUT2D eigenvalue weighted by molar-refractivity contribution is -0.129. The van der Waals surface area contributed by atoms with Crippen molar-refractivity contribution in [3.8, 4) is 0 Å². The fraction of sp³-hybridized carbons (Fsp3) is 0.684. The Hall–Kier alpha value is -2.38. The van der Waals surface area contributed by atoms with Crippen LogP contribution in [0, 0.1) is 5.92 Å². The van der Waals surface area contributed by atoms with Crippen molar-refractivity contribution in [3.05, 3.63) is 17.5 Å². The topological polar surface area (TPSA) is 87.5 Å². The van der Waals surface area contributed by atoms with Crippen LogP contribution < -0.4 is 5.32 Å². The number of hydrogen-bond donors (Lipinski definition) is 1. The minimum absolute atomic E-state index is 0.0770. The predicted octanol–water partition coefficient (Wildman–Crippen LogP) is 1.73. The molecule has 3 rings (SSSR count). The smallest absolute Gasteiger partial charge is 0.325 e. The number of aromatic nitrogens is 2. The lowest BCUT2D eigenvalue weighted by Gasteiger charge is -2.42. The van der Waals surface area contributed by atoms with Crippen LogP contribution in [0.25, 0.3) is 0 Å². The first kappa shape index (κ1) is 19.4. The maximum Gasteiger partial charge on any atom is 0.325 e. The molecule has 0 saturated carbocycles. The average molecular weight is 375 g/mol. The van der Waals surface area contributed by atoms with Gasteiger partial charge in [0.1, 0.15) is 11.2 Å². The standard InChI is InChI=1S/C19H29N5O3/c1-12(2)11-24-18(27)20-17(26)19(24)6-8-23(9-7-19)16(25)15-10-14(13(3)4)21-22(15)5/h10,12-13H,6-9,11H2,1-5H3,(H,20,26,27). The van der Waals surface area contributed by atoms with Crippen molar-refractivity contribution in [2.24, 2.45) is 13.0 Å². The Kier molecular flexibility index (Phi) is 5.01. The van der Waals surface area contributed by atoms with E-state index in [0.29, 0.717) is 38.2 Å². The highest BCUT2D eigenvalue weighted by Crippen LogP contribution is 2.34. The van der Waals surface area contributed by atoms with Gasteiger partial charge in [-0.25, -0.2) is 4.79 Å². The first-order chi connectivity index (χ1) is 12.7. The second-order valence-corrected chi connectivity index (χ2v) is 8.32. The molecule has 2 aliphatic rings. The molecule has 1 aromatic heterocycles. The first-order valence-corrected chi connectivity index (χ1v) is 9.62. The van der Waals surface area contributed by atoms with E-state index in [1.165, 1.54) is 0 Å². The van der Waals surface area contributed by atoms with Crippen molar-refractivity contribution < 1.29 is 14.4 Å². The van der Waals surface area contributed by atoms with Gasteiger partial charge in [0.2, 0.25) is 0 Å². The van der Waals surface area contributed by atoms with Crippen LogP contribution in [0.15, 0.2) is 6.07 Å². The minimum atomic E-state index is -0.826. The number of imide groups is 1. The molecular formula is C19H29N5O3. The summed E-state index contributed by atoms with van der Waals surface area (Å²) in [5.41, 5.74) is 0.618. The van der Waals surface area contributed by atoms with Crippen molar-refractivity contribution in [2.75, 3.05) is 19.6 Å². The fourth-order valence-electron chi connectivity index (χ4n) is 3.93. The summed E-state index contributed by atoms with van der Waals surface area (Å²) in [7, 11) is 1.78. The van der Waals surface area contributed by atoms with E-state index in [9.17, 15) is 14.4 Å². The van der Waals surface area contributed by atoms with E-state index in [4.69, 9.17) is 0 Å². The molecular weight excluding hydrogens is 346 g/mol. The van der Waals surface area contributed by atoms with Gasteiger partial charge in [0.15, 0.2) is 0 Å². The molecule has 8 heteroatoms. The van der Waals surface area contributed by atoms with Crippen molar-refractivity contribution in [2.45, 2.75) is 52.0 Å². The number of hydrogen-bond acceptors (Lipinski definition) is 4. The summed E-state index contributed by atoms with van der Waals surface area (Å²) in [4.78, 5) is 41.2. The second kappa shape index (κ2) is 6.98. The molecule has 1 spiro atoms. The third kappa shape index (κ3) is 3.33. The van der Waals surface area contributed by atoms with Crippen LogP contribution in [0.3, 0.4) is 0 Å². The monoisotopic (exact) mass is 375 g/mol. The number of likely N-dealkylation sites (tertiary alicyclic amines) is 1. The number of aryl methyl sites for hydroxylation is 1. The molecule has 0 bridgehead atoms. The van der Waals surface area contributed by atoms with Gasteiger partial charge < -0.3 is 9.80 Å². The summed E-state index contributed by atoms with van der Waals surface area (Å²) in [6.45, 7) is 9.55. The van der Waals surface area contributed by atoms with E-state index in [-0.39, 0.29) is 29.7 Å². The van der Waals surface area contributed by atoms with Crippen LogP contribution in [-0.2, 0) is 11.8 Å². The van der Waals surface area contributed by atoms with E-state index >= 15 is 0 Å². The van der Waals surface area contributed by atoms with Crippen LogP contribution in [0.4, 0.5) is 4.79 Å². The average Bonchev–Trinajstić information content (AvgIpc) is 3.09. The van der Waals surface area contributed by atoms with Gasteiger partial charge in [-0.05, 0) is 30.7 Å². The quantitative estimate of drug-likeness (QED) is 0.812.